The van der Waals surface area contributed by atoms with Crippen LogP contribution >= 0.6 is 0 Å². The molecule has 29 heavy (non-hydrogen) atoms. The van der Waals surface area contributed by atoms with E-state index >= 15 is 0 Å². The molecule has 1 atom stereocenters. The minimum Gasteiger partial charge on any atom is -0.490 e. The van der Waals surface area contributed by atoms with E-state index < -0.39 is 12.7 Å². The summed E-state index contributed by atoms with van der Waals surface area (Å²) in [6.07, 6.45) is -0.512. The number of benzene rings is 2. The second-order valence-electron chi connectivity index (χ2n) is 7.13. The molecule has 0 heterocycles. The van der Waals surface area contributed by atoms with Gasteiger partial charge < -0.3 is 14.6 Å². The Morgan fingerprint density at radius 2 is 1.52 bits per heavy atom. The summed E-state index contributed by atoms with van der Waals surface area (Å²) < 4.78 is 35.0. The highest BCUT2D eigenvalue weighted by atomic mass is 19.3. The van der Waals surface area contributed by atoms with E-state index in [1.165, 1.54) is 11.6 Å². The maximum absolute atomic E-state index is 12.5. The molecule has 7 heteroatoms. The van der Waals surface area contributed by atoms with Crippen LogP contribution in [0.2, 0.25) is 0 Å². The second-order valence-corrected chi connectivity index (χ2v) is 7.13. The quantitative estimate of drug-likeness (QED) is 0.581. The van der Waals surface area contributed by atoms with Crippen molar-refractivity contribution in [1.82, 2.24) is 9.80 Å². The average molecular weight is 408 g/mol. The fourth-order valence-corrected chi connectivity index (χ4v) is 3.23. The number of alkyl halides is 2. The number of aliphatic hydroxyl groups is 1. The zero-order chi connectivity index (χ0) is 21.2. The molecule has 5 nitrogen and oxygen atoms in total. The van der Waals surface area contributed by atoms with E-state index in [2.05, 4.69) is 21.8 Å². The van der Waals surface area contributed by atoms with E-state index in [-0.39, 0.29) is 5.75 Å². The third-order valence-electron chi connectivity index (χ3n) is 4.32. The number of halogens is 2. The lowest BCUT2D eigenvalue weighted by Gasteiger charge is -2.25. The molecule has 0 aliphatic rings. The summed E-state index contributed by atoms with van der Waals surface area (Å²) in [5.41, 5.74) is 2.09. The molecule has 1 N–H and O–H groups in total. The van der Waals surface area contributed by atoms with Crippen LogP contribution in [0.1, 0.15) is 18.1 Å². The summed E-state index contributed by atoms with van der Waals surface area (Å²) >= 11 is 0. The third kappa shape index (κ3) is 8.35. The number of likely N-dealkylation sites (N-methyl/N-ethyl adjacent to an activating group) is 2. The number of ether oxygens (including phenoxy) is 2. The van der Waals surface area contributed by atoms with Crippen LogP contribution in [0.4, 0.5) is 8.78 Å². The highest BCUT2D eigenvalue weighted by Crippen LogP contribution is 2.30. The Morgan fingerprint density at radius 1 is 0.897 bits per heavy atom. The summed E-state index contributed by atoms with van der Waals surface area (Å²) in [6.45, 7) is 1.59. The molecule has 0 spiro atoms. The fourth-order valence-electron chi connectivity index (χ4n) is 3.23. The zero-order valence-electron chi connectivity index (χ0n) is 17.2. The van der Waals surface area contributed by atoms with Gasteiger partial charge in [0.15, 0.2) is 11.5 Å². The van der Waals surface area contributed by atoms with Crippen LogP contribution < -0.4 is 9.47 Å². The number of hydrogen-bond donors (Lipinski definition) is 1. The molecule has 2 aromatic rings. The topological polar surface area (TPSA) is 45.2 Å². The lowest BCUT2D eigenvalue weighted by molar-refractivity contribution is -0.0514. The molecule has 0 bridgehead atoms. The molecule has 0 radical (unpaired) electrons. The van der Waals surface area contributed by atoms with E-state index in [4.69, 9.17) is 4.74 Å². The molecule has 0 saturated carbocycles. The Hall–Kier alpha value is -2.22. The lowest BCUT2D eigenvalue weighted by Crippen LogP contribution is -2.37. The van der Waals surface area contributed by atoms with Crippen molar-refractivity contribution in [2.75, 3.05) is 33.8 Å². The normalized spacial score (nSPS) is 12.6. The smallest absolute Gasteiger partial charge is 0.387 e. The van der Waals surface area contributed by atoms with E-state index in [0.29, 0.717) is 32.0 Å². The summed E-state index contributed by atoms with van der Waals surface area (Å²) in [5.74, 6) is 0.317. The van der Waals surface area contributed by atoms with Crippen LogP contribution in [0.15, 0.2) is 48.5 Å². The Labute approximate surface area is 171 Å². The van der Waals surface area contributed by atoms with Crippen molar-refractivity contribution >= 4 is 0 Å². The fraction of sp³-hybridized carbons (Fsp3) is 0.455. The first-order valence-electron chi connectivity index (χ1n) is 9.67. The SMILES string of the molecule is CCOc1cc(CN(C)CC(O)CN(C)Cc2ccccc2)ccc1OC(F)F. The Bertz CT molecular complexity index is 731. The number of rotatable bonds is 12. The molecule has 0 saturated heterocycles. The van der Waals surface area contributed by atoms with Gasteiger partial charge in [0.25, 0.3) is 0 Å². The first-order chi connectivity index (χ1) is 13.9. The molecule has 1 unspecified atom stereocenters. The van der Waals surface area contributed by atoms with Crippen molar-refractivity contribution in [2.24, 2.45) is 0 Å². The van der Waals surface area contributed by atoms with Crippen LogP contribution in [0.5, 0.6) is 11.5 Å². The highest BCUT2D eigenvalue weighted by molar-refractivity contribution is 5.43. The number of aliphatic hydroxyl groups excluding tert-OH is 1. The zero-order valence-corrected chi connectivity index (χ0v) is 17.2. The van der Waals surface area contributed by atoms with Gasteiger partial charge in [0, 0.05) is 26.2 Å². The van der Waals surface area contributed by atoms with Crippen molar-refractivity contribution in [1.29, 1.82) is 0 Å². The third-order valence-corrected chi connectivity index (χ3v) is 4.32. The number of hydrogen-bond acceptors (Lipinski definition) is 5. The van der Waals surface area contributed by atoms with Crippen LogP contribution in [-0.2, 0) is 13.1 Å². The van der Waals surface area contributed by atoms with E-state index in [9.17, 15) is 13.9 Å². The first-order valence-corrected chi connectivity index (χ1v) is 9.67. The maximum atomic E-state index is 12.5. The Balaban J connectivity index is 1.87. The standard InChI is InChI=1S/C22H30F2N2O3/c1-4-28-21-12-18(10-11-20(21)29-22(23)24)14-26(3)16-19(27)15-25(2)13-17-8-6-5-7-9-17/h5-12,19,22,27H,4,13-16H2,1-3H3. The van der Waals surface area contributed by atoms with Crippen molar-refractivity contribution in [3.8, 4) is 11.5 Å². The average Bonchev–Trinajstić information content (AvgIpc) is 2.64. The lowest BCUT2D eigenvalue weighted by atomic mass is 10.1. The summed E-state index contributed by atoms with van der Waals surface area (Å²) in [7, 11) is 3.89. The van der Waals surface area contributed by atoms with E-state index in [0.717, 1.165) is 12.1 Å². The van der Waals surface area contributed by atoms with Gasteiger partial charge in [0.2, 0.25) is 0 Å². The molecule has 0 aliphatic carbocycles. The highest BCUT2D eigenvalue weighted by Gasteiger charge is 2.15. The summed E-state index contributed by atoms with van der Waals surface area (Å²) in [4.78, 5) is 4.07. The molecule has 0 aromatic heterocycles. The molecule has 0 amide bonds. The van der Waals surface area contributed by atoms with Crippen LogP contribution in [0, 0.1) is 0 Å². The van der Waals surface area contributed by atoms with E-state index in [1.54, 1.807) is 19.1 Å². The molecule has 0 aliphatic heterocycles. The largest absolute Gasteiger partial charge is 0.490 e. The van der Waals surface area contributed by atoms with Gasteiger partial charge in [-0.3, -0.25) is 9.80 Å². The monoisotopic (exact) mass is 408 g/mol. The van der Waals surface area contributed by atoms with Crippen LogP contribution in [0.3, 0.4) is 0 Å². The molecular weight excluding hydrogens is 378 g/mol. The van der Waals surface area contributed by atoms with E-state index in [1.807, 2.05) is 37.2 Å². The van der Waals surface area contributed by atoms with Gasteiger partial charge in [-0.15, -0.1) is 0 Å². The molecule has 0 fully saturated rings. The Kier molecular flexibility index (Phi) is 9.31. The number of nitrogens with zero attached hydrogens (tertiary/aromatic N) is 2. The molecule has 160 valence electrons. The minimum atomic E-state index is -2.90. The van der Waals surface area contributed by atoms with Crippen molar-refractivity contribution in [2.45, 2.75) is 32.7 Å². The predicted molar refractivity (Wildman–Crippen MR) is 109 cm³/mol. The molecule has 2 aromatic carbocycles. The van der Waals surface area contributed by atoms with Crippen LogP contribution in [-0.4, -0.2) is 61.4 Å². The maximum Gasteiger partial charge on any atom is 0.387 e. The van der Waals surface area contributed by atoms with Gasteiger partial charge in [-0.25, -0.2) is 0 Å². The van der Waals surface area contributed by atoms with Gasteiger partial charge in [0.05, 0.1) is 12.7 Å². The van der Waals surface area contributed by atoms with Crippen molar-refractivity contribution in [3.63, 3.8) is 0 Å². The molecular formula is C22H30F2N2O3. The second kappa shape index (κ2) is 11.7. The molecule has 2 rings (SSSR count). The predicted octanol–water partition coefficient (Wildman–Crippen LogP) is 3.61. The Morgan fingerprint density at radius 3 is 2.10 bits per heavy atom. The summed E-state index contributed by atoms with van der Waals surface area (Å²) in [6, 6.07) is 15.0. The van der Waals surface area contributed by atoms with Gasteiger partial charge >= 0.3 is 6.61 Å². The first kappa shape index (κ1) is 23.1. The van der Waals surface area contributed by atoms with Gasteiger partial charge in [0.1, 0.15) is 0 Å². The van der Waals surface area contributed by atoms with Gasteiger partial charge in [-0.1, -0.05) is 36.4 Å². The van der Waals surface area contributed by atoms with Crippen LogP contribution in [0.25, 0.3) is 0 Å². The van der Waals surface area contributed by atoms with Gasteiger partial charge in [-0.05, 0) is 44.3 Å². The minimum absolute atomic E-state index is 0.0239. The van der Waals surface area contributed by atoms with Crippen molar-refractivity contribution in [3.05, 3.63) is 59.7 Å². The van der Waals surface area contributed by atoms with Crippen molar-refractivity contribution < 1.29 is 23.4 Å². The summed E-state index contributed by atoms with van der Waals surface area (Å²) in [5, 5.41) is 10.4. The van der Waals surface area contributed by atoms with Gasteiger partial charge in [-0.2, -0.15) is 8.78 Å².